The van der Waals surface area contributed by atoms with E-state index in [1.54, 1.807) is 28.9 Å². The topological polar surface area (TPSA) is 120 Å². The minimum atomic E-state index is -0.624. The quantitative estimate of drug-likeness (QED) is 0.166. The summed E-state index contributed by atoms with van der Waals surface area (Å²) in [6, 6.07) is 30.6. The molecule has 1 N–H and O–H groups in total. The lowest BCUT2D eigenvalue weighted by Gasteiger charge is -2.36. The number of carbonyl (C=O) groups excluding carboxylic acids is 2. The van der Waals surface area contributed by atoms with Gasteiger partial charge in [-0.15, -0.1) is 5.10 Å². The van der Waals surface area contributed by atoms with Crippen molar-refractivity contribution in [2.75, 3.05) is 5.75 Å². The summed E-state index contributed by atoms with van der Waals surface area (Å²) in [5, 5.41) is 22.0. The molecule has 3 atom stereocenters. The highest BCUT2D eigenvalue weighted by Crippen LogP contribution is 2.40. The Morgan fingerprint density at radius 1 is 0.826 bits per heavy atom. The van der Waals surface area contributed by atoms with Crippen LogP contribution in [0.4, 0.5) is 0 Å². The Bertz CT molecular complexity index is 1860. The minimum Gasteiger partial charge on any atom is -0.392 e. The molecule has 3 heterocycles. The molecule has 1 saturated heterocycles. The maximum atomic E-state index is 13.0. The van der Waals surface area contributed by atoms with E-state index in [1.807, 2.05) is 73.8 Å². The smallest absolute Gasteiger partial charge is 0.261 e. The first-order valence-corrected chi connectivity index (χ1v) is 16.0. The van der Waals surface area contributed by atoms with Gasteiger partial charge in [0.05, 0.1) is 36.5 Å². The molecule has 10 nitrogen and oxygen atoms in total. The van der Waals surface area contributed by atoms with Crippen molar-refractivity contribution in [3.8, 4) is 11.1 Å². The number of thioether (sulfide) groups is 1. The molecule has 7 rings (SSSR count). The highest BCUT2D eigenvalue weighted by molar-refractivity contribution is 7.99. The molecular weight excluding hydrogens is 602 g/mol. The number of nitrogens with zero attached hydrogens (tertiary/aromatic N) is 5. The molecule has 232 valence electrons. The van der Waals surface area contributed by atoms with Crippen LogP contribution >= 0.6 is 11.8 Å². The number of imide groups is 1. The van der Waals surface area contributed by atoms with Gasteiger partial charge in [-0.05, 0) is 62.5 Å². The average Bonchev–Trinajstić information content (AvgIpc) is 3.63. The molecule has 0 unspecified atom stereocenters. The number of ether oxygens (including phenoxy) is 2. The normalized spacial score (nSPS) is 19.4. The van der Waals surface area contributed by atoms with Crippen LogP contribution < -0.4 is 0 Å². The number of benzene rings is 4. The molecule has 2 aliphatic rings. The lowest BCUT2D eigenvalue weighted by atomic mass is 9.99. The van der Waals surface area contributed by atoms with Crippen LogP contribution in [-0.4, -0.2) is 53.9 Å². The zero-order chi connectivity index (χ0) is 31.6. The molecule has 0 aliphatic carbocycles. The lowest BCUT2D eigenvalue weighted by Crippen LogP contribution is -2.31. The van der Waals surface area contributed by atoms with Crippen molar-refractivity contribution >= 4 is 23.6 Å². The predicted octanol–water partition coefficient (Wildman–Crippen LogP) is 5.50. The van der Waals surface area contributed by atoms with E-state index in [-0.39, 0.29) is 37.2 Å². The highest BCUT2D eigenvalue weighted by Gasteiger charge is 2.35. The zero-order valence-electron chi connectivity index (χ0n) is 25.0. The molecule has 46 heavy (non-hydrogen) atoms. The summed E-state index contributed by atoms with van der Waals surface area (Å²) < 4.78 is 14.7. The molecule has 0 saturated carbocycles. The number of aromatic nitrogens is 4. The summed E-state index contributed by atoms with van der Waals surface area (Å²) in [5.41, 5.74) is 6.36. The molecule has 1 aromatic heterocycles. The third-order valence-electron chi connectivity index (χ3n) is 8.23. The van der Waals surface area contributed by atoms with E-state index in [2.05, 4.69) is 21.6 Å². The monoisotopic (exact) mass is 633 g/mol. The van der Waals surface area contributed by atoms with Crippen molar-refractivity contribution in [3.05, 3.63) is 130 Å². The number of fused-ring (bicyclic) bond motifs is 1. The maximum absolute atomic E-state index is 13.0. The van der Waals surface area contributed by atoms with Crippen LogP contribution in [0.25, 0.3) is 11.1 Å². The van der Waals surface area contributed by atoms with Gasteiger partial charge in [0.25, 0.3) is 11.8 Å². The van der Waals surface area contributed by atoms with Crippen LogP contribution in [0.5, 0.6) is 0 Å². The van der Waals surface area contributed by atoms with Crippen LogP contribution in [0.1, 0.15) is 61.8 Å². The Labute approximate surface area is 270 Å². The Morgan fingerprint density at radius 3 is 2.24 bits per heavy atom. The van der Waals surface area contributed by atoms with E-state index in [4.69, 9.17) is 9.47 Å². The van der Waals surface area contributed by atoms with Gasteiger partial charge in [-0.3, -0.25) is 14.5 Å². The number of carbonyl (C=O) groups is 2. The van der Waals surface area contributed by atoms with E-state index >= 15 is 0 Å². The van der Waals surface area contributed by atoms with Gasteiger partial charge in [-0.1, -0.05) is 84.6 Å². The highest BCUT2D eigenvalue weighted by atomic mass is 32.2. The molecule has 0 spiro atoms. The van der Waals surface area contributed by atoms with Crippen molar-refractivity contribution in [1.82, 2.24) is 25.1 Å². The van der Waals surface area contributed by atoms with Gasteiger partial charge in [0.1, 0.15) is 0 Å². The summed E-state index contributed by atoms with van der Waals surface area (Å²) in [5.74, 6) is 0.0883. The Morgan fingerprint density at radius 2 is 1.54 bits per heavy atom. The fraction of sp³-hybridized carbons (Fsp3) is 0.229. The first-order chi connectivity index (χ1) is 22.5. The second-order valence-electron chi connectivity index (χ2n) is 11.3. The molecular formula is C35H31N5O5S. The summed E-state index contributed by atoms with van der Waals surface area (Å²) in [7, 11) is 1.81. The number of amides is 2. The molecule has 11 heteroatoms. The first-order valence-electron chi connectivity index (χ1n) is 15.0. The molecule has 0 bridgehead atoms. The number of rotatable bonds is 9. The SMILES string of the molecule is Cn1nnnc1SC[C@H]1C[C@@H](c2ccc(CO)cc2)O[C@@H](c2cccc(-c3cccc(CN4C(=O)c5ccccc5C4=O)c3)c2)O1. The molecule has 0 radical (unpaired) electrons. The third kappa shape index (κ3) is 6.10. The van der Waals surface area contributed by atoms with Crippen molar-refractivity contribution in [2.45, 2.75) is 43.2 Å². The van der Waals surface area contributed by atoms with E-state index in [0.717, 1.165) is 33.4 Å². The Balaban J connectivity index is 1.12. The largest absolute Gasteiger partial charge is 0.392 e. The van der Waals surface area contributed by atoms with E-state index in [9.17, 15) is 14.7 Å². The van der Waals surface area contributed by atoms with Gasteiger partial charge < -0.3 is 14.6 Å². The standard InChI is InChI=1S/C35H31N5O5S/c1-39-35(36-37-38-39)46-21-28-18-31(24-14-12-22(20-41)13-15-24)45-34(44-28)27-9-5-8-26(17-27)25-7-4-6-23(16-25)19-40-32(42)29-10-2-3-11-30(29)33(40)43/h2-17,28,31,34,41H,18-21H2,1H3/t28-,31+,34+/m1/s1. The Hall–Kier alpha value is -4.68. The van der Waals surface area contributed by atoms with E-state index < -0.39 is 6.29 Å². The van der Waals surface area contributed by atoms with Crippen molar-refractivity contribution in [1.29, 1.82) is 0 Å². The number of aryl methyl sites for hydroxylation is 1. The van der Waals surface area contributed by atoms with Crippen LogP contribution in [0.15, 0.2) is 102 Å². The molecule has 5 aromatic rings. The van der Waals surface area contributed by atoms with E-state index in [1.165, 1.54) is 16.7 Å². The van der Waals surface area contributed by atoms with Gasteiger partial charge in [-0.25, -0.2) is 4.68 Å². The second-order valence-corrected chi connectivity index (χ2v) is 12.3. The van der Waals surface area contributed by atoms with Crippen molar-refractivity contribution in [2.24, 2.45) is 7.05 Å². The number of aliphatic hydroxyl groups excluding tert-OH is 1. The summed E-state index contributed by atoms with van der Waals surface area (Å²) in [6.07, 6.45) is -0.343. The fourth-order valence-corrected chi connectivity index (χ4v) is 6.68. The fourth-order valence-electron chi connectivity index (χ4n) is 5.81. The number of hydrogen-bond donors (Lipinski definition) is 1. The Kier molecular flexibility index (Phi) is 8.46. The lowest BCUT2D eigenvalue weighted by molar-refractivity contribution is -0.245. The van der Waals surface area contributed by atoms with Gasteiger partial charge in [0, 0.05) is 24.8 Å². The molecule has 2 amide bonds. The van der Waals surface area contributed by atoms with Crippen LogP contribution in [0, 0.1) is 0 Å². The molecule has 4 aromatic carbocycles. The number of hydrogen-bond acceptors (Lipinski definition) is 9. The van der Waals surface area contributed by atoms with E-state index in [0.29, 0.717) is 28.5 Å². The number of aliphatic hydroxyl groups is 1. The minimum absolute atomic E-state index is 0.0190. The van der Waals surface area contributed by atoms with Gasteiger partial charge in [0.15, 0.2) is 6.29 Å². The summed E-state index contributed by atoms with van der Waals surface area (Å²) in [6.45, 7) is 0.167. The summed E-state index contributed by atoms with van der Waals surface area (Å²) >= 11 is 1.53. The molecule has 1 fully saturated rings. The summed E-state index contributed by atoms with van der Waals surface area (Å²) in [4.78, 5) is 27.2. The first kappa shape index (κ1) is 30.0. The average molecular weight is 634 g/mol. The van der Waals surface area contributed by atoms with Crippen molar-refractivity contribution < 1.29 is 24.2 Å². The molecule has 2 aliphatic heterocycles. The van der Waals surface area contributed by atoms with Crippen molar-refractivity contribution in [3.63, 3.8) is 0 Å². The zero-order valence-corrected chi connectivity index (χ0v) is 25.8. The number of tetrazole rings is 1. The van der Waals surface area contributed by atoms with Crippen LogP contribution in [0.2, 0.25) is 0 Å². The van der Waals surface area contributed by atoms with Crippen LogP contribution in [0.3, 0.4) is 0 Å². The second kappa shape index (κ2) is 13.0. The van der Waals surface area contributed by atoms with Gasteiger partial charge in [0.2, 0.25) is 5.16 Å². The third-order valence-corrected chi connectivity index (χ3v) is 9.38. The van der Waals surface area contributed by atoms with Gasteiger partial charge >= 0.3 is 0 Å². The maximum Gasteiger partial charge on any atom is 0.261 e. The van der Waals surface area contributed by atoms with Crippen LogP contribution in [-0.2, 0) is 29.7 Å². The predicted molar refractivity (Wildman–Crippen MR) is 170 cm³/mol. The van der Waals surface area contributed by atoms with Gasteiger partial charge in [-0.2, -0.15) is 0 Å².